The quantitative estimate of drug-likeness (QED) is 0.723. The van der Waals surface area contributed by atoms with Gasteiger partial charge in [0.15, 0.2) is 0 Å². The molecule has 1 aromatic carbocycles. The van der Waals surface area contributed by atoms with Gasteiger partial charge < -0.3 is 9.47 Å². The van der Waals surface area contributed by atoms with Crippen LogP contribution < -0.4 is 4.74 Å². The van der Waals surface area contributed by atoms with Gasteiger partial charge in [0, 0.05) is 0 Å². The number of methoxy groups -OCH3 is 1. The molecule has 15 heavy (non-hydrogen) atoms. The molecule has 0 spiro atoms. The van der Waals surface area contributed by atoms with Crippen molar-refractivity contribution in [2.45, 2.75) is 12.0 Å². The molecule has 0 N–H and O–H groups in total. The van der Waals surface area contributed by atoms with Crippen molar-refractivity contribution in [3.8, 4) is 11.8 Å². The Labute approximate surface area is 94.2 Å². The summed E-state index contributed by atoms with van der Waals surface area (Å²) in [5, 5.41) is 7.84. The Hall–Kier alpha value is -1.24. The molecule has 0 aromatic heterocycles. The number of nitrogens with zero attached hydrogens (tertiary/aromatic N) is 1. The zero-order valence-corrected chi connectivity index (χ0v) is 9.20. The van der Waals surface area contributed by atoms with Crippen molar-refractivity contribution < 1.29 is 9.47 Å². The van der Waals surface area contributed by atoms with Crippen molar-refractivity contribution in [2.24, 2.45) is 0 Å². The van der Waals surface area contributed by atoms with E-state index in [-0.39, 0.29) is 6.61 Å². The lowest BCUT2D eigenvalue weighted by molar-refractivity contribution is 0.128. The van der Waals surface area contributed by atoms with Crippen LogP contribution in [0.25, 0.3) is 0 Å². The molecule has 0 radical (unpaired) electrons. The molecule has 4 heteroatoms. The maximum absolute atomic E-state index is 8.42. The summed E-state index contributed by atoms with van der Waals surface area (Å²) in [6.07, 6.45) is 0. The van der Waals surface area contributed by atoms with Gasteiger partial charge in [0.2, 0.25) is 0 Å². The highest BCUT2D eigenvalue weighted by Gasteiger charge is 2.01. The summed E-state index contributed by atoms with van der Waals surface area (Å²) in [6, 6.07) is 9.44. The Bertz CT molecular complexity index is 331. The van der Waals surface area contributed by atoms with Crippen molar-refractivity contribution >= 4 is 11.6 Å². The third-order valence-electron chi connectivity index (χ3n) is 1.83. The number of alkyl halides is 1. The summed E-state index contributed by atoms with van der Waals surface area (Å²) in [6.45, 7) is 0.693. The van der Waals surface area contributed by atoms with Crippen LogP contribution in [-0.2, 0) is 11.3 Å². The first-order chi connectivity index (χ1) is 7.26. The lowest BCUT2D eigenvalue weighted by Gasteiger charge is -2.05. The van der Waals surface area contributed by atoms with Crippen LogP contribution in [-0.4, -0.2) is 19.1 Å². The first-order valence-electron chi connectivity index (χ1n) is 4.50. The van der Waals surface area contributed by atoms with Crippen LogP contribution in [0.3, 0.4) is 0 Å². The number of hydrogen-bond donors (Lipinski definition) is 0. The smallest absolute Gasteiger partial charge is 0.143 e. The molecule has 1 unspecified atom stereocenters. The zero-order valence-electron chi connectivity index (χ0n) is 8.44. The average molecular weight is 226 g/mol. The normalized spacial score (nSPS) is 11.8. The van der Waals surface area contributed by atoms with Crippen molar-refractivity contribution in [3.05, 3.63) is 29.8 Å². The molecule has 0 heterocycles. The van der Waals surface area contributed by atoms with Crippen LogP contribution in [0.4, 0.5) is 0 Å². The fourth-order valence-corrected chi connectivity index (χ4v) is 1.13. The summed E-state index contributed by atoms with van der Waals surface area (Å²) in [4.78, 5) is 0. The fraction of sp³-hybridized carbons (Fsp3) is 0.364. The summed E-state index contributed by atoms with van der Waals surface area (Å²) in [5.74, 6) is 0.811. The Morgan fingerprint density at radius 2 is 2.07 bits per heavy atom. The van der Waals surface area contributed by atoms with Gasteiger partial charge in [-0.25, -0.2) is 0 Å². The molecular formula is C11H12ClNO2. The van der Waals surface area contributed by atoms with E-state index in [1.807, 2.05) is 30.3 Å². The van der Waals surface area contributed by atoms with Gasteiger partial charge in [-0.1, -0.05) is 12.1 Å². The molecule has 0 aliphatic carbocycles. The molecule has 0 amide bonds. The van der Waals surface area contributed by atoms with Gasteiger partial charge in [-0.3, -0.25) is 0 Å². The van der Waals surface area contributed by atoms with E-state index in [1.54, 1.807) is 7.11 Å². The maximum atomic E-state index is 8.42. The van der Waals surface area contributed by atoms with Crippen molar-refractivity contribution in [1.29, 1.82) is 5.26 Å². The number of hydrogen-bond acceptors (Lipinski definition) is 3. The molecule has 0 bridgehead atoms. The Morgan fingerprint density at radius 1 is 1.40 bits per heavy atom. The topological polar surface area (TPSA) is 42.2 Å². The van der Waals surface area contributed by atoms with Gasteiger partial charge in [0.25, 0.3) is 0 Å². The summed E-state index contributed by atoms with van der Waals surface area (Å²) in [5.41, 5.74) is 1.03. The van der Waals surface area contributed by atoms with Gasteiger partial charge in [-0.05, 0) is 17.7 Å². The first kappa shape index (κ1) is 11.8. The second-order valence-electron chi connectivity index (χ2n) is 2.96. The Balaban J connectivity index is 2.35. The van der Waals surface area contributed by atoms with E-state index in [2.05, 4.69) is 0 Å². The highest BCUT2D eigenvalue weighted by molar-refractivity contribution is 6.22. The van der Waals surface area contributed by atoms with Crippen LogP contribution in [0.2, 0.25) is 0 Å². The molecule has 0 fully saturated rings. The van der Waals surface area contributed by atoms with Gasteiger partial charge in [0.05, 0.1) is 26.4 Å². The van der Waals surface area contributed by atoms with E-state index < -0.39 is 5.38 Å². The van der Waals surface area contributed by atoms with Crippen LogP contribution in [0.1, 0.15) is 5.56 Å². The number of rotatable bonds is 5. The van der Waals surface area contributed by atoms with Crippen molar-refractivity contribution in [2.75, 3.05) is 13.7 Å². The molecule has 1 rings (SSSR count). The third-order valence-corrected chi connectivity index (χ3v) is 2.06. The predicted octanol–water partition coefficient (Wildman–Crippen LogP) is 2.34. The minimum atomic E-state index is -0.580. The second-order valence-corrected chi connectivity index (χ2v) is 3.49. The Morgan fingerprint density at radius 3 is 2.60 bits per heavy atom. The van der Waals surface area contributed by atoms with Crippen molar-refractivity contribution in [1.82, 2.24) is 0 Å². The van der Waals surface area contributed by atoms with E-state index in [9.17, 15) is 0 Å². The lowest BCUT2D eigenvalue weighted by Crippen LogP contribution is -2.06. The monoisotopic (exact) mass is 225 g/mol. The average Bonchev–Trinajstić information content (AvgIpc) is 2.29. The molecule has 0 aliphatic rings. The molecule has 0 saturated heterocycles. The predicted molar refractivity (Wildman–Crippen MR) is 57.9 cm³/mol. The molecule has 3 nitrogen and oxygen atoms in total. The lowest BCUT2D eigenvalue weighted by atomic mass is 10.2. The zero-order chi connectivity index (χ0) is 11.1. The van der Waals surface area contributed by atoms with Crippen LogP contribution in [0, 0.1) is 11.3 Å². The van der Waals surface area contributed by atoms with Crippen LogP contribution >= 0.6 is 11.6 Å². The highest BCUT2D eigenvalue weighted by atomic mass is 35.5. The third kappa shape index (κ3) is 4.20. The van der Waals surface area contributed by atoms with Crippen LogP contribution in [0.15, 0.2) is 24.3 Å². The molecule has 1 aromatic rings. The SMILES string of the molecule is COc1ccc(COCC(Cl)C#N)cc1. The first-order valence-corrected chi connectivity index (χ1v) is 4.94. The van der Waals surface area contributed by atoms with Crippen LogP contribution in [0.5, 0.6) is 5.75 Å². The van der Waals surface area contributed by atoms with E-state index in [0.717, 1.165) is 11.3 Å². The van der Waals surface area contributed by atoms with E-state index in [0.29, 0.717) is 6.61 Å². The van der Waals surface area contributed by atoms with E-state index >= 15 is 0 Å². The standard InChI is InChI=1S/C11H12ClNO2/c1-14-11-4-2-9(3-5-11)7-15-8-10(12)6-13/h2-5,10H,7-8H2,1H3. The Kier molecular flexibility index (Phi) is 4.96. The molecule has 1 atom stereocenters. The summed E-state index contributed by atoms with van der Waals surface area (Å²) < 4.78 is 10.3. The van der Waals surface area contributed by atoms with Crippen molar-refractivity contribution in [3.63, 3.8) is 0 Å². The molecular weight excluding hydrogens is 214 g/mol. The number of ether oxygens (including phenoxy) is 2. The molecule has 0 aliphatic heterocycles. The van der Waals surface area contributed by atoms with E-state index in [4.69, 9.17) is 26.3 Å². The minimum Gasteiger partial charge on any atom is -0.497 e. The van der Waals surface area contributed by atoms with Gasteiger partial charge >= 0.3 is 0 Å². The van der Waals surface area contributed by atoms with Gasteiger partial charge in [-0.2, -0.15) is 5.26 Å². The molecule has 80 valence electrons. The minimum absolute atomic E-state index is 0.240. The fourth-order valence-electron chi connectivity index (χ4n) is 1.04. The van der Waals surface area contributed by atoms with Gasteiger partial charge in [0.1, 0.15) is 11.1 Å². The maximum Gasteiger partial charge on any atom is 0.143 e. The number of halogens is 1. The summed E-state index contributed by atoms with van der Waals surface area (Å²) in [7, 11) is 1.62. The number of benzene rings is 1. The largest absolute Gasteiger partial charge is 0.497 e. The summed E-state index contributed by atoms with van der Waals surface area (Å²) >= 11 is 5.57. The second kappa shape index (κ2) is 6.28. The number of nitriles is 1. The van der Waals surface area contributed by atoms with E-state index in [1.165, 1.54) is 0 Å². The van der Waals surface area contributed by atoms with Gasteiger partial charge in [-0.15, -0.1) is 11.6 Å². The molecule has 0 saturated carbocycles. The highest BCUT2D eigenvalue weighted by Crippen LogP contribution is 2.12.